The average molecular weight is 725 g/mol. The van der Waals surface area contributed by atoms with Crippen molar-refractivity contribution in [3.05, 3.63) is 173 Å². The van der Waals surface area contributed by atoms with E-state index < -0.39 is 0 Å². The molecule has 0 radical (unpaired) electrons. The predicted octanol–water partition coefficient (Wildman–Crippen LogP) is 12.7. The summed E-state index contributed by atoms with van der Waals surface area (Å²) in [7, 11) is 0. The molecule has 0 saturated heterocycles. The van der Waals surface area contributed by atoms with Crippen molar-refractivity contribution >= 4 is 0 Å². The first-order valence-corrected chi connectivity index (χ1v) is 20.2. The Balaban J connectivity index is 1.08. The van der Waals surface area contributed by atoms with E-state index in [0.29, 0.717) is 23.0 Å². The van der Waals surface area contributed by atoms with Crippen molar-refractivity contribution in [3.8, 4) is 62.5 Å². The Morgan fingerprint density at radius 3 is 1.64 bits per heavy atom. The highest BCUT2D eigenvalue weighted by Gasteiger charge is 2.45. The van der Waals surface area contributed by atoms with Crippen LogP contribution in [0.15, 0.2) is 146 Å². The summed E-state index contributed by atoms with van der Waals surface area (Å²) in [5.41, 5.74) is 13.5. The minimum absolute atomic E-state index is 0.00251. The predicted molar refractivity (Wildman–Crippen MR) is 226 cm³/mol. The molecule has 6 aromatic carbocycles. The lowest BCUT2D eigenvalue weighted by atomic mass is 9.54. The molecule has 4 nitrogen and oxygen atoms in total. The average Bonchev–Trinajstić information content (AvgIpc) is 3.56. The molecule has 0 aliphatic heterocycles. The lowest BCUT2D eigenvalue weighted by Crippen LogP contribution is -2.42. The summed E-state index contributed by atoms with van der Waals surface area (Å²) in [6.45, 7) is 4.91. The third-order valence-electron chi connectivity index (χ3n) is 12.8. The van der Waals surface area contributed by atoms with Gasteiger partial charge in [-0.2, -0.15) is 5.26 Å². The highest BCUT2D eigenvalue weighted by atomic mass is 15.0. The number of nitrogens with zero attached hydrogens (tertiary/aromatic N) is 4. The summed E-state index contributed by atoms with van der Waals surface area (Å²) in [5, 5.41) is 9.82. The van der Waals surface area contributed by atoms with Crippen LogP contribution in [0.3, 0.4) is 0 Å². The Morgan fingerprint density at radius 2 is 1.02 bits per heavy atom. The fourth-order valence-electron chi connectivity index (χ4n) is 10.7. The van der Waals surface area contributed by atoms with Gasteiger partial charge in [-0.1, -0.05) is 141 Å². The second-order valence-electron chi connectivity index (χ2n) is 16.8. The fourth-order valence-corrected chi connectivity index (χ4v) is 10.7. The van der Waals surface area contributed by atoms with Crippen LogP contribution < -0.4 is 0 Å². The van der Waals surface area contributed by atoms with E-state index >= 15 is 0 Å². The molecule has 10 rings (SSSR count). The minimum Gasteiger partial charge on any atom is -0.208 e. The van der Waals surface area contributed by atoms with E-state index in [9.17, 15) is 5.26 Å². The third-order valence-corrected chi connectivity index (χ3v) is 12.8. The Bertz CT molecular complexity index is 2590. The van der Waals surface area contributed by atoms with Gasteiger partial charge in [-0.15, -0.1) is 0 Å². The summed E-state index contributed by atoms with van der Waals surface area (Å²) in [6.07, 6.45) is 6.60. The number of fused-ring (bicyclic) bond motifs is 5. The van der Waals surface area contributed by atoms with Crippen LogP contribution in [0.1, 0.15) is 79.7 Å². The first kappa shape index (κ1) is 34.3. The van der Waals surface area contributed by atoms with E-state index in [1.165, 1.54) is 65.5 Å². The number of nitriles is 1. The van der Waals surface area contributed by atoms with Crippen molar-refractivity contribution in [1.29, 1.82) is 5.26 Å². The number of hydrogen-bond donors (Lipinski definition) is 0. The number of benzene rings is 6. The van der Waals surface area contributed by atoms with Crippen molar-refractivity contribution < 1.29 is 0 Å². The first-order valence-electron chi connectivity index (χ1n) is 20.2. The number of aromatic nitrogens is 3. The van der Waals surface area contributed by atoms with Crippen LogP contribution >= 0.6 is 0 Å². The summed E-state index contributed by atoms with van der Waals surface area (Å²) in [6, 6.07) is 53.8. The second-order valence-corrected chi connectivity index (χ2v) is 16.8. The van der Waals surface area contributed by atoms with Crippen molar-refractivity contribution in [2.75, 3.05) is 0 Å². The molecule has 4 heteroatoms. The number of hydrogen-bond acceptors (Lipinski definition) is 4. The highest BCUT2D eigenvalue weighted by Crippen LogP contribution is 2.54. The van der Waals surface area contributed by atoms with Crippen LogP contribution in [-0.4, -0.2) is 15.0 Å². The van der Waals surface area contributed by atoms with Gasteiger partial charge < -0.3 is 0 Å². The van der Waals surface area contributed by atoms with Gasteiger partial charge in [0, 0.05) is 22.6 Å². The normalized spacial score (nSPS) is 22.2. The molecule has 3 aliphatic carbocycles. The molecule has 5 atom stereocenters. The zero-order valence-electron chi connectivity index (χ0n) is 32.0. The van der Waals surface area contributed by atoms with Gasteiger partial charge in [-0.3, -0.25) is 0 Å². The molecule has 2 fully saturated rings. The van der Waals surface area contributed by atoms with Gasteiger partial charge in [0.05, 0.1) is 11.6 Å². The topological polar surface area (TPSA) is 62.5 Å². The lowest BCUT2D eigenvalue weighted by Gasteiger charge is -2.50. The summed E-state index contributed by atoms with van der Waals surface area (Å²) in [5.74, 6) is 4.33. The Kier molecular flexibility index (Phi) is 8.48. The van der Waals surface area contributed by atoms with Crippen LogP contribution in [0.5, 0.6) is 0 Å². The zero-order chi connectivity index (χ0) is 37.8. The summed E-state index contributed by atoms with van der Waals surface area (Å²) >= 11 is 0. The fraction of sp³-hybridized carbons (Fsp3) is 0.231. The molecule has 2 bridgehead atoms. The largest absolute Gasteiger partial charge is 0.208 e. The molecule has 3 unspecified atom stereocenters. The van der Waals surface area contributed by atoms with Gasteiger partial charge in [0.2, 0.25) is 0 Å². The highest BCUT2D eigenvalue weighted by molar-refractivity contribution is 5.84. The zero-order valence-corrected chi connectivity index (χ0v) is 32.0. The Hall–Kier alpha value is -6.18. The first-order chi connectivity index (χ1) is 27.4. The maximum Gasteiger partial charge on any atom is 0.164 e. The summed E-state index contributed by atoms with van der Waals surface area (Å²) in [4.78, 5) is 15.6. The van der Waals surface area contributed by atoms with E-state index in [1.807, 2.05) is 12.1 Å². The standard InChI is InChI=1S/C52H44N4/c1-33-25-36-26-34(2)30-52(29-33,31-36)43-21-18-41(19-22-43)50-54-49(40-16-14-38(15-17-40)37-9-5-3-6-10-37)55-51(56-50)42-20-24-45-44-23-13-35(32-53)27-46(44)48(47(45)28-42)39-11-7-4-8-12-39/h3-24,27-28,33-34,36,48H,25-26,29-31H2,1-2H3/t33-,34+,36?,48?,52?. The van der Waals surface area contributed by atoms with Gasteiger partial charge in [0.1, 0.15) is 0 Å². The molecule has 1 aromatic heterocycles. The summed E-state index contributed by atoms with van der Waals surface area (Å²) < 4.78 is 0. The molecule has 272 valence electrons. The molecule has 7 aromatic rings. The molecule has 56 heavy (non-hydrogen) atoms. The maximum absolute atomic E-state index is 9.82. The minimum atomic E-state index is -0.00251. The van der Waals surface area contributed by atoms with Crippen molar-refractivity contribution in [2.24, 2.45) is 17.8 Å². The van der Waals surface area contributed by atoms with Crippen LogP contribution in [-0.2, 0) is 5.41 Å². The van der Waals surface area contributed by atoms with Crippen LogP contribution in [0, 0.1) is 29.1 Å². The molecule has 3 aliphatic rings. The van der Waals surface area contributed by atoms with Crippen LogP contribution in [0.25, 0.3) is 56.4 Å². The van der Waals surface area contributed by atoms with E-state index in [1.54, 1.807) is 0 Å². The monoisotopic (exact) mass is 724 g/mol. The molecule has 0 N–H and O–H groups in total. The van der Waals surface area contributed by atoms with E-state index in [4.69, 9.17) is 15.0 Å². The van der Waals surface area contributed by atoms with Crippen LogP contribution in [0.4, 0.5) is 0 Å². The molecule has 1 heterocycles. The second kappa shape index (κ2) is 13.8. The van der Waals surface area contributed by atoms with Gasteiger partial charge in [-0.25, -0.2) is 15.0 Å². The van der Waals surface area contributed by atoms with Crippen LogP contribution in [0.2, 0.25) is 0 Å². The van der Waals surface area contributed by atoms with Crippen molar-refractivity contribution in [2.45, 2.75) is 57.3 Å². The molecular formula is C52H44N4. The molecular weight excluding hydrogens is 681 g/mol. The van der Waals surface area contributed by atoms with Crippen molar-refractivity contribution in [3.63, 3.8) is 0 Å². The Labute approximate surface area is 330 Å². The van der Waals surface area contributed by atoms with E-state index in [2.05, 4.69) is 153 Å². The quantitative estimate of drug-likeness (QED) is 0.171. The Morgan fingerprint density at radius 1 is 0.518 bits per heavy atom. The van der Waals surface area contributed by atoms with E-state index in [0.717, 1.165) is 45.6 Å². The smallest absolute Gasteiger partial charge is 0.164 e. The van der Waals surface area contributed by atoms with Gasteiger partial charge >= 0.3 is 0 Å². The molecule has 2 saturated carbocycles. The lowest BCUT2D eigenvalue weighted by molar-refractivity contribution is 0.0780. The van der Waals surface area contributed by atoms with Gasteiger partial charge in [0.25, 0.3) is 0 Å². The van der Waals surface area contributed by atoms with Gasteiger partial charge in [0.15, 0.2) is 17.5 Å². The number of rotatable bonds is 6. The SMILES string of the molecule is C[C@@H]1CC2C[C@H](C)CC(c3ccc(-c4nc(-c5ccc(-c6ccccc6)cc5)nc(-c5ccc6c(c5)C(c5ccccc5)c5cc(C#N)ccc5-6)n4)cc3)(C2)C1. The maximum atomic E-state index is 9.82. The van der Waals surface area contributed by atoms with Gasteiger partial charge in [-0.05, 0) is 118 Å². The molecule has 0 amide bonds. The van der Waals surface area contributed by atoms with Crippen molar-refractivity contribution in [1.82, 2.24) is 15.0 Å². The molecule has 0 spiro atoms. The van der Waals surface area contributed by atoms with E-state index in [-0.39, 0.29) is 11.3 Å². The third kappa shape index (κ3) is 6.13.